The molecule has 0 saturated heterocycles. The molecule has 0 fully saturated rings. The summed E-state index contributed by atoms with van der Waals surface area (Å²) in [5, 5.41) is 21.8. The number of hydrogen-bond acceptors (Lipinski definition) is 12. The summed E-state index contributed by atoms with van der Waals surface area (Å²) in [6, 6.07) is 137. The molecule has 10 heterocycles. The summed E-state index contributed by atoms with van der Waals surface area (Å²) in [6.07, 6.45) is 13.0. The minimum absolute atomic E-state index is 0.611. The third-order valence-corrected chi connectivity index (χ3v) is 24.8. The van der Waals surface area contributed by atoms with Crippen LogP contribution in [0.1, 0.15) is 0 Å². The third kappa shape index (κ3) is 13.9. The molecule has 26 rings (SSSR count). The van der Waals surface area contributed by atoms with Crippen LogP contribution in [0.3, 0.4) is 0 Å². The van der Waals surface area contributed by atoms with Gasteiger partial charge in [-0.15, -0.1) is 0 Å². The van der Waals surface area contributed by atoms with Crippen molar-refractivity contribution in [3.8, 4) is 113 Å². The second kappa shape index (κ2) is 32.4. The number of fused-ring (bicyclic) bond motifs is 22. The lowest BCUT2D eigenvalue weighted by Gasteiger charge is -2.15. The van der Waals surface area contributed by atoms with Gasteiger partial charge in [-0.3, -0.25) is 24.9 Å². The molecule has 12 nitrogen and oxygen atoms in total. The quantitative estimate of drug-likeness (QED) is 0.120. The van der Waals surface area contributed by atoms with E-state index in [4.69, 9.17) is 49.8 Å². The molecular weight excluding hydrogens is 1590 g/mol. The lowest BCUT2D eigenvalue weighted by molar-refractivity contribution is 1.07. The molecule has 0 N–H and O–H groups in total. The first-order valence-corrected chi connectivity index (χ1v) is 43.4. The monoisotopic (exact) mass is 1660 g/mol. The molecule has 0 saturated carbocycles. The molecule has 0 aliphatic carbocycles. The van der Waals surface area contributed by atoms with Gasteiger partial charge >= 0.3 is 0 Å². The molecule has 10 aromatic heterocycles. The molecule has 12 heteroatoms. The maximum absolute atomic E-state index is 5.29. The number of hydrogen-bond donors (Lipinski definition) is 0. The summed E-state index contributed by atoms with van der Waals surface area (Å²) in [4.78, 5) is 58.5. The Morgan fingerprint density at radius 3 is 0.892 bits per heavy atom. The molecule has 0 radical (unpaired) electrons. The average Bonchev–Trinajstić information content (AvgIpc) is 0.734. The Labute approximate surface area is 746 Å². The summed E-state index contributed by atoms with van der Waals surface area (Å²) in [7, 11) is 0. The standard InChI is InChI=1S/C42H26N4.C41H25N5.C35H21N3/c1-2-9-38-36(8-1)40-37(13-12-29-10-11-30-7-4-18-45-42(30)39(29)40)41(46-38)32-6-3-5-31(23-32)35-25-33(27-14-19-43-20-15-27)24-34(26-35)28-16-21-44-22-17-28;1-3-11-28(12-4-1)39-44-40(29-13-5-2-6-14-29)46-41(45-39)31-16-9-15-30(25-31)37-33-23-22-26-20-21-27-17-10-24-42-38(27)35(26)36(33)32-18-7-8-19-34(32)43-37;1-3-12-29-22(7-1)17-19-30(37-29)25-8-5-9-26(21-25)34-28-18-16-23-14-15-24-10-6-20-36-35(24)32(23)33(28)27-11-2-4-13-31(27)38-34/h1-26H;1-25H;1-21H. The van der Waals surface area contributed by atoms with Gasteiger partial charge in [-0.1, -0.05) is 285 Å². The normalized spacial score (nSPS) is 11.5. The number of rotatable bonds is 10. The van der Waals surface area contributed by atoms with Gasteiger partial charge in [-0.25, -0.2) is 34.9 Å². The third-order valence-electron chi connectivity index (χ3n) is 24.8. The van der Waals surface area contributed by atoms with Crippen LogP contribution in [0.25, 0.3) is 254 Å². The van der Waals surface area contributed by atoms with Crippen molar-refractivity contribution in [2.24, 2.45) is 0 Å². The van der Waals surface area contributed by atoms with Crippen LogP contribution in [0.2, 0.25) is 0 Å². The van der Waals surface area contributed by atoms with Crippen molar-refractivity contribution in [3.05, 3.63) is 438 Å². The minimum Gasteiger partial charge on any atom is -0.265 e. The fourth-order valence-corrected chi connectivity index (χ4v) is 18.7. The number of pyridine rings is 9. The Morgan fingerprint density at radius 2 is 0.454 bits per heavy atom. The zero-order chi connectivity index (χ0) is 86.0. The Kier molecular flexibility index (Phi) is 18.9. The van der Waals surface area contributed by atoms with E-state index in [2.05, 4.69) is 307 Å². The molecule has 26 aromatic rings. The second-order valence-electron chi connectivity index (χ2n) is 32.6. The first-order valence-electron chi connectivity index (χ1n) is 43.4. The van der Waals surface area contributed by atoms with Gasteiger partial charge in [0.25, 0.3) is 0 Å². The van der Waals surface area contributed by atoms with E-state index >= 15 is 0 Å². The van der Waals surface area contributed by atoms with Crippen molar-refractivity contribution in [1.29, 1.82) is 0 Å². The minimum atomic E-state index is 0.611. The van der Waals surface area contributed by atoms with Gasteiger partial charge in [0.15, 0.2) is 17.5 Å². The van der Waals surface area contributed by atoms with Gasteiger partial charge in [0.1, 0.15) is 0 Å². The summed E-state index contributed by atoms with van der Waals surface area (Å²) in [5.74, 6) is 1.88. The molecule has 0 unspecified atom stereocenters. The van der Waals surface area contributed by atoms with Gasteiger partial charge in [0.2, 0.25) is 0 Å². The van der Waals surface area contributed by atoms with Crippen molar-refractivity contribution >= 4 is 141 Å². The summed E-state index contributed by atoms with van der Waals surface area (Å²) in [6.45, 7) is 0. The summed E-state index contributed by atoms with van der Waals surface area (Å²) in [5.41, 5.74) is 24.5. The smallest absolute Gasteiger partial charge is 0.164 e. The van der Waals surface area contributed by atoms with Gasteiger partial charge < -0.3 is 0 Å². The van der Waals surface area contributed by atoms with Crippen LogP contribution in [0.15, 0.2) is 438 Å². The topological polar surface area (TPSA) is 155 Å². The zero-order valence-corrected chi connectivity index (χ0v) is 69.9. The first kappa shape index (κ1) is 76.0. The Bertz CT molecular complexity index is 8530. The van der Waals surface area contributed by atoms with Crippen LogP contribution in [-0.2, 0) is 0 Å². The van der Waals surface area contributed by atoms with Crippen LogP contribution in [0.4, 0.5) is 0 Å². The predicted molar refractivity (Wildman–Crippen MR) is 535 cm³/mol. The largest absolute Gasteiger partial charge is 0.265 e. The maximum Gasteiger partial charge on any atom is 0.164 e. The van der Waals surface area contributed by atoms with Crippen molar-refractivity contribution in [2.75, 3.05) is 0 Å². The van der Waals surface area contributed by atoms with Crippen LogP contribution in [-0.4, -0.2) is 59.8 Å². The Balaban J connectivity index is 0.000000109. The maximum atomic E-state index is 5.29. The molecule has 130 heavy (non-hydrogen) atoms. The lowest BCUT2D eigenvalue weighted by Crippen LogP contribution is -2.00. The summed E-state index contributed by atoms with van der Waals surface area (Å²) >= 11 is 0. The van der Waals surface area contributed by atoms with Gasteiger partial charge in [0, 0.05) is 169 Å². The van der Waals surface area contributed by atoms with Gasteiger partial charge in [-0.05, 0) is 159 Å². The average molecular weight is 1660 g/mol. The zero-order valence-electron chi connectivity index (χ0n) is 69.9. The van der Waals surface area contributed by atoms with Crippen molar-refractivity contribution in [2.45, 2.75) is 0 Å². The lowest BCUT2D eigenvalue weighted by atomic mass is 9.91. The number of aromatic nitrogens is 12. The van der Waals surface area contributed by atoms with E-state index in [9.17, 15) is 0 Å². The molecular formula is C118H72N12. The second-order valence-corrected chi connectivity index (χ2v) is 32.6. The van der Waals surface area contributed by atoms with E-state index in [0.717, 1.165) is 204 Å². The highest BCUT2D eigenvalue weighted by molar-refractivity contribution is 6.31. The molecule has 0 bridgehead atoms. The van der Waals surface area contributed by atoms with E-state index in [0.29, 0.717) is 17.5 Å². The fraction of sp³-hybridized carbons (Fsp3) is 0. The number of para-hydroxylation sites is 4. The first-order chi connectivity index (χ1) is 64.4. The number of benzene rings is 16. The van der Waals surface area contributed by atoms with Crippen molar-refractivity contribution in [3.63, 3.8) is 0 Å². The summed E-state index contributed by atoms with van der Waals surface area (Å²) < 4.78 is 0. The van der Waals surface area contributed by atoms with Crippen molar-refractivity contribution in [1.82, 2.24) is 59.8 Å². The highest BCUT2D eigenvalue weighted by Crippen LogP contribution is 2.46. The molecule has 0 aliphatic rings. The van der Waals surface area contributed by atoms with Crippen LogP contribution in [0, 0.1) is 0 Å². The fourth-order valence-electron chi connectivity index (χ4n) is 18.7. The number of nitrogens with zero attached hydrogens (tertiary/aromatic N) is 12. The molecule has 0 atom stereocenters. The molecule has 16 aromatic carbocycles. The molecule has 0 amide bonds. The molecule has 604 valence electrons. The molecule has 0 aliphatic heterocycles. The van der Waals surface area contributed by atoms with Crippen LogP contribution in [0.5, 0.6) is 0 Å². The Morgan fingerprint density at radius 1 is 0.146 bits per heavy atom. The van der Waals surface area contributed by atoms with Gasteiger partial charge in [-0.2, -0.15) is 0 Å². The van der Waals surface area contributed by atoms with Crippen LogP contribution < -0.4 is 0 Å². The van der Waals surface area contributed by atoms with E-state index < -0.39 is 0 Å². The van der Waals surface area contributed by atoms with Crippen molar-refractivity contribution < 1.29 is 0 Å². The van der Waals surface area contributed by atoms with E-state index in [-0.39, 0.29) is 0 Å². The predicted octanol–water partition coefficient (Wildman–Crippen LogP) is 29.5. The van der Waals surface area contributed by atoms with E-state index in [1.807, 2.05) is 140 Å². The molecule has 0 spiro atoms. The SMILES string of the molecule is c1cc(-c2cc(-c3ccncc3)cc(-c3ccncc3)c2)cc(-c2nc3ccccc3c3c2ccc2ccc4cccnc4c23)c1.c1cc(-c2ccc3ccccc3n2)cc(-c2nc3ccccc3c3c2ccc2ccc4cccnc4c23)c1.c1ccc(-c2nc(-c3ccccc3)nc(-c3cccc(-c4nc5ccccc5c5c4ccc4ccc6cccnc6c45)c3)n2)cc1. The Hall–Kier alpha value is -17.7. The highest BCUT2D eigenvalue weighted by atomic mass is 15.0. The van der Waals surface area contributed by atoms with E-state index in [1.54, 1.807) is 0 Å². The van der Waals surface area contributed by atoms with Crippen LogP contribution >= 0.6 is 0 Å². The van der Waals surface area contributed by atoms with E-state index in [1.165, 1.54) is 32.3 Å². The van der Waals surface area contributed by atoms with Gasteiger partial charge in [0.05, 0.1) is 61.4 Å². The highest BCUT2D eigenvalue weighted by Gasteiger charge is 2.23.